The number of benzene rings is 3. The third-order valence-electron chi connectivity index (χ3n) is 4.74. The molecule has 0 saturated heterocycles. The lowest BCUT2D eigenvalue weighted by Crippen LogP contribution is -2.16. The molecule has 3 N–H and O–H groups in total. The van der Waals surface area contributed by atoms with Gasteiger partial charge in [-0.3, -0.25) is 4.79 Å². The summed E-state index contributed by atoms with van der Waals surface area (Å²) in [5.41, 5.74) is 2.20. The molecule has 1 heterocycles. The highest BCUT2D eigenvalue weighted by molar-refractivity contribution is 7.99. The van der Waals surface area contributed by atoms with Crippen LogP contribution in [0.4, 0.5) is 14.5 Å². The second-order valence-corrected chi connectivity index (χ2v) is 8.27. The Hall–Kier alpha value is -4.12. The first-order valence-corrected chi connectivity index (χ1v) is 11.4. The number of nitrogens with one attached hydrogen (secondary N) is 1. The van der Waals surface area contributed by atoms with Crippen LogP contribution in [0.3, 0.4) is 0 Å². The molecule has 0 aliphatic carbocycles. The van der Waals surface area contributed by atoms with E-state index in [9.17, 15) is 13.6 Å². The van der Waals surface area contributed by atoms with E-state index >= 15 is 0 Å². The monoisotopic (exact) mass is 497 g/mol. The number of halogens is 2. The Morgan fingerprint density at radius 3 is 2.43 bits per heavy atom. The zero-order valence-electron chi connectivity index (χ0n) is 18.5. The quantitative estimate of drug-likeness (QED) is 0.245. The molecule has 0 fully saturated rings. The van der Waals surface area contributed by atoms with Crippen molar-refractivity contribution in [1.29, 1.82) is 0 Å². The molecule has 4 aromatic rings. The van der Waals surface area contributed by atoms with Gasteiger partial charge in [0.15, 0.2) is 11.6 Å². The van der Waals surface area contributed by atoms with Crippen molar-refractivity contribution in [2.24, 2.45) is 0 Å². The topological polar surface area (TPSA) is 104 Å². The summed E-state index contributed by atoms with van der Waals surface area (Å²) in [6.45, 7) is -0.920. The van der Waals surface area contributed by atoms with Gasteiger partial charge in [-0.25, -0.2) is 4.68 Å². The number of nitrogen functional groups attached to an aromatic ring is 1. The van der Waals surface area contributed by atoms with Crippen molar-refractivity contribution < 1.29 is 23.0 Å². The average molecular weight is 498 g/mol. The molecule has 180 valence electrons. The van der Waals surface area contributed by atoms with Gasteiger partial charge in [-0.15, -0.1) is 10.2 Å². The van der Waals surface area contributed by atoms with E-state index in [1.54, 1.807) is 18.2 Å². The summed E-state index contributed by atoms with van der Waals surface area (Å²) in [5, 5.41) is 11.2. The summed E-state index contributed by atoms with van der Waals surface area (Å²) in [6.07, 6.45) is 0. The lowest BCUT2D eigenvalue weighted by atomic mass is 10.2. The summed E-state index contributed by atoms with van der Waals surface area (Å²) in [7, 11) is 0. The van der Waals surface area contributed by atoms with Crippen LogP contribution in [0.15, 0.2) is 78.0 Å². The third-order valence-corrected chi connectivity index (χ3v) is 5.69. The maximum absolute atomic E-state index is 12.6. The van der Waals surface area contributed by atoms with Crippen LogP contribution in [-0.2, 0) is 4.79 Å². The number of aryl methyl sites for hydroxylation is 1. The predicted octanol–water partition coefficient (Wildman–Crippen LogP) is 5.09. The Morgan fingerprint density at radius 1 is 1.03 bits per heavy atom. The molecule has 1 aromatic heterocycles. The fourth-order valence-electron chi connectivity index (χ4n) is 3.07. The van der Waals surface area contributed by atoms with E-state index in [-0.39, 0.29) is 17.4 Å². The number of aromatic nitrogens is 3. The van der Waals surface area contributed by atoms with Crippen LogP contribution in [0.25, 0.3) is 11.4 Å². The van der Waals surface area contributed by atoms with Gasteiger partial charge in [0.2, 0.25) is 11.1 Å². The zero-order chi connectivity index (χ0) is 24.8. The van der Waals surface area contributed by atoms with Crippen molar-refractivity contribution in [2.45, 2.75) is 18.7 Å². The van der Waals surface area contributed by atoms with Gasteiger partial charge in [0.05, 0.1) is 11.4 Å². The smallest absolute Gasteiger partial charge is 0.387 e. The summed E-state index contributed by atoms with van der Waals surface area (Å²) in [5.74, 6) is 7.32. The number of amides is 1. The first-order chi connectivity index (χ1) is 16.9. The van der Waals surface area contributed by atoms with Crippen molar-refractivity contribution in [3.8, 4) is 28.6 Å². The highest BCUT2D eigenvalue weighted by Gasteiger charge is 2.15. The fourth-order valence-corrected chi connectivity index (χ4v) is 3.72. The van der Waals surface area contributed by atoms with Crippen molar-refractivity contribution in [2.75, 3.05) is 16.9 Å². The second kappa shape index (κ2) is 10.9. The number of anilines is 1. The van der Waals surface area contributed by atoms with E-state index in [0.29, 0.717) is 33.7 Å². The van der Waals surface area contributed by atoms with E-state index in [2.05, 4.69) is 20.3 Å². The molecule has 11 heteroatoms. The molecule has 0 aliphatic rings. The van der Waals surface area contributed by atoms with Crippen molar-refractivity contribution in [3.63, 3.8) is 0 Å². The van der Waals surface area contributed by atoms with Crippen molar-refractivity contribution in [3.05, 3.63) is 78.4 Å². The van der Waals surface area contributed by atoms with E-state index in [1.165, 1.54) is 28.9 Å². The molecular weight excluding hydrogens is 476 g/mol. The number of carbonyl (C=O) groups excluding carboxylic acids is 1. The minimum atomic E-state index is -2.91. The van der Waals surface area contributed by atoms with Crippen LogP contribution >= 0.6 is 11.8 Å². The van der Waals surface area contributed by atoms with Gasteiger partial charge in [-0.05, 0) is 55.5 Å². The van der Waals surface area contributed by atoms with Gasteiger partial charge in [-0.1, -0.05) is 41.6 Å². The Bertz CT molecular complexity index is 1300. The highest BCUT2D eigenvalue weighted by Crippen LogP contribution is 2.30. The number of nitrogens with zero attached hydrogens (tertiary/aromatic N) is 3. The number of hydrogen-bond acceptors (Lipinski definition) is 7. The van der Waals surface area contributed by atoms with Gasteiger partial charge >= 0.3 is 6.61 Å². The van der Waals surface area contributed by atoms with Crippen LogP contribution in [0.1, 0.15) is 5.56 Å². The summed E-state index contributed by atoms with van der Waals surface area (Å²) in [4.78, 5) is 12.6. The molecule has 0 radical (unpaired) electrons. The van der Waals surface area contributed by atoms with Gasteiger partial charge in [0.25, 0.3) is 0 Å². The first kappa shape index (κ1) is 24.0. The number of para-hydroxylation sites is 2. The summed E-state index contributed by atoms with van der Waals surface area (Å²) in [6, 6.07) is 20.6. The number of hydrogen-bond donors (Lipinski definition) is 2. The third kappa shape index (κ3) is 6.27. The molecular formula is C24H21F2N5O3S. The minimum absolute atomic E-state index is 0.0183. The molecule has 4 rings (SSSR count). The van der Waals surface area contributed by atoms with Gasteiger partial charge < -0.3 is 20.6 Å². The molecule has 0 spiro atoms. The highest BCUT2D eigenvalue weighted by atomic mass is 32.2. The molecule has 3 aromatic carbocycles. The van der Waals surface area contributed by atoms with Gasteiger partial charge in [0, 0.05) is 5.56 Å². The van der Waals surface area contributed by atoms with E-state index in [1.807, 2.05) is 37.3 Å². The standard InChI is InChI=1S/C24H21F2N5O3S/c1-15-6-10-17(11-7-15)33-20-5-3-2-4-19(20)28-21(32)14-35-24-30-29-22(31(24)27)16-8-12-18(13-9-16)34-23(25)26/h2-13,23H,14,27H2,1H3,(H,28,32). The number of thioether (sulfide) groups is 1. The van der Waals surface area contributed by atoms with Crippen LogP contribution in [0.5, 0.6) is 17.2 Å². The number of alkyl halides is 2. The largest absolute Gasteiger partial charge is 0.455 e. The maximum Gasteiger partial charge on any atom is 0.387 e. The molecule has 0 aliphatic heterocycles. The van der Waals surface area contributed by atoms with E-state index in [4.69, 9.17) is 10.6 Å². The number of carbonyl (C=O) groups is 1. The van der Waals surface area contributed by atoms with Crippen LogP contribution in [0, 0.1) is 6.92 Å². The maximum atomic E-state index is 12.6. The van der Waals surface area contributed by atoms with Crippen molar-refractivity contribution in [1.82, 2.24) is 14.9 Å². The lowest BCUT2D eigenvalue weighted by Gasteiger charge is -2.12. The fraction of sp³-hybridized carbons (Fsp3) is 0.125. The Morgan fingerprint density at radius 2 is 1.71 bits per heavy atom. The number of rotatable bonds is 9. The van der Waals surface area contributed by atoms with Gasteiger partial charge in [0.1, 0.15) is 11.5 Å². The Labute approximate surface area is 204 Å². The second-order valence-electron chi connectivity index (χ2n) is 7.33. The van der Waals surface area contributed by atoms with Crippen molar-refractivity contribution >= 4 is 23.4 Å². The Kier molecular flexibility index (Phi) is 7.46. The first-order valence-electron chi connectivity index (χ1n) is 10.4. The van der Waals surface area contributed by atoms with Crippen LogP contribution in [-0.4, -0.2) is 33.1 Å². The van der Waals surface area contributed by atoms with E-state index in [0.717, 1.165) is 17.3 Å². The zero-order valence-corrected chi connectivity index (χ0v) is 19.3. The minimum Gasteiger partial charge on any atom is -0.455 e. The average Bonchev–Trinajstić information content (AvgIpc) is 3.21. The molecule has 1 amide bonds. The molecule has 0 atom stereocenters. The summed E-state index contributed by atoms with van der Waals surface area (Å²) >= 11 is 1.10. The lowest BCUT2D eigenvalue weighted by molar-refractivity contribution is -0.113. The van der Waals surface area contributed by atoms with Crippen LogP contribution < -0.4 is 20.6 Å². The predicted molar refractivity (Wildman–Crippen MR) is 129 cm³/mol. The normalized spacial score (nSPS) is 10.9. The molecule has 0 saturated carbocycles. The number of ether oxygens (including phenoxy) is 2. The molecule has 35 heavy (non-hydrogen) atoms. The van der Waals surface area contributed by atoms with E-state index < -0.39 is 6.61 Å². The molecule has 8 nitrogen and oxygen atoms in total. The van der Waals surface area contributed by atoms with Crippen LogP contribution in [0.2, 0.25) is 0 Å². The SMILES string of the molecule is Cc1ccc(Oc2ccccc2NC(=O)CSc2nnc(-c3ccc(OC(F)F)cc3)n2N)cc1. The summed E-state index contributed by atoms with van der Waals surface area (Å²) < 4.78 is 36.1. The number of nitrogens with two attached hydrogens (primary N) is 1. The molecule has 0 unspecified atom stereocenters. The van der Waals surface area contributed by atoms with Gasteiger partial charge in [-0.2, -0.15) is 8.78 Å². The molecule has 0 bridgehead atoms. The Balaban J connectivity index is 1.37.